The number of anilines is 1. The summed E-state index contributed by atoms with van der Waals surface area (Å²) in [5.41, 5.74) is 2.47. The monoisotopic (exact) mass is 364 g/mol. The molecule has 27 heavy (non-hydrogen) atoms. The first-order chi connectivity index (χ1) is 13.2. The van der Waals surface area contributed by atoms with E-state index in [4.69, 9.17) is 4.74 Å². The summed E-state index contributed by atoms with van der Waals surface area (Å²) >= 11 is 0. The van der Waals surface area contributed by atoms with Gasteiger partial charge in [-0.1, -0.05) is 12.1 Å². The number of likely N-dealkylation sites (N-methyl/N-ethyl adjacent to an activating group) is 1. The van der Waals surface area contributed by atoms with Crippen LogP contribution in [0.4, 0.5) is 5.95 Å². The predicted molar refractivity (Wildman–Crippen MR) is 101 cm³/mol. The smallest absolute Gasteiger partial charge is 0.242 e. The van der Waals surface area contributed by atoms with E-state index in [0.717, 1.165) is 22.7 Å². The molecular formula is C19H20N6O2. The fourth-order valence-corrected chi connectivity index (χ4v) is 3.00. The number of hydrogen-bond acceptors (Lipinski definition) is 6. The number of carbonyl (C=O) groups is 1. The van der Waals surface area contributed by atoms with Crippen molar-refractivity contribution in [2.45, 2.75) is 0 Å². The van der Waals surface area contributed by atoms with E-state index in [-0.39, 0.29) is 5.91 Å². The van der Waals surface area contributed by atoms with Crippen LogP contribution >= 0.6 is 0 Å². The van der Waals surface area contributed by atoms with Gasteiger partial charge in [-0.2, -0.15) is 5.10 Å². The maximum Gasteiger partial charge on any atom is 0.242 e. The number of aromatic nitrogens is 4. The van der Waals surface area contributed by atoms with E-state index in [1.807, 2.05) is 48.5 Å². The van der Waals surface area contributed by atoms with E-state index in [1.165, 1.54) is 0 Å². The molecule has 0 N–H and O–H groups in total. The molecule has 0 atom stereocenters. The van der Waals surface area contributed by atoms with Gasteiger partial charge in [0.2, 0.25) is 11.9 Å². The van der Waals surface area contributed by atoms with E-state index >= 15 is 0 Å². The first-order valence-corrected chi connectivity index (χ1v) is 8.66. The molecule has 3 heterocycles. The van der Waals surface area contributed by atoms with Gasteiger partial charge in [0.25, 0.3) is 0 Å². The van der Waals surface area contributed by atoms with Gasteiger partial charge in [-0.25, -0.2) is 14.6 Å². The normalized spacial score (nSPS) is 14.5. The molecule has 4 rings (SSSR count). The van der Waals surface area contributed by atoms with Crippen molar-refractivity contribution in [2.24, 2.45) is 0 Å². The Kier molecular flexibility index (Phi) is 4.45. The molecule has 3 aromatic rings. The summed E-state index contributed by atoms with van der Waals surface area (Å²) < 4.78 is 7.16. The lowest BCUT2D eigenvalue weighted by Gasteiger charge is -2.31. The SMILES string of the molecule is COc1ccccc1-n1cc(-c2ccnc(N3CCN(C)C(=O)C3)n2)cn1. The van der Waals surface area contributed by atoms with Crippen LogP contribution in [-0.2, 0) is 4.79 Å². The van der Waals surface area contributed by atoms with Crippen molar-refractivity contribution in [3.05, 3.63) is 48.9 Å². The number of para-hydroxylation sites is 2. The fraction of sp³-hybridized carbons (Fsp3) is 0.263. The van der Waals surface area contributed by atoms with E-state index in [0.29, 0.717) is 25.6 Å². The van der Waals surface area contributed by atoms with Crippen LogP contribution in [0.2, 0.25) is 0 Å². The Morgan fingerprint density at radius 2 is 2.00 bits per heavy atom. The van der Waals surface area contributed by atoms with Crippen molar-refractivity contribution < 1.29 is 9.53 Å². The highest BCUT2D eigenvalue weighted by atomic mass is 16.5. The van der Waals surface area contributed by atoms with Crippen LogP contribution < -0.4 is 9.64 Å². The maximum atomic E-state index is 12.0. The lowest BCUT2D eigenvalue weighted by atomic mass is 10.2. The summed E-state index contributed by atoms with van der Waals surface area (Å²) in [6.07, 6.45) is 5.37. The molecule has 0 saturated carbocycles. The highest BCUT2D eigenvalue weighted by Gasteiger charge is 2.23. The number of methoxy groups -OCH3 is 1. The van der Waals surface area contributed by atoms with Gasteiger partial charge < -0.3 is 14.5 Å². The summed E-state index contributed by atoms with van der Waals surface area (Å²) in [6, 6.07) is 9.53. The molecule has 8 heteroatoms. The van der Waals surface area contributed by atoms with Gasteiger partial charge in [0.05, 0.1) is 25.5 Å². The van der Waals surface area contributed by atoms with Gasteiger partial charge >= 0.3 is 0 Å². The van der Waals surface area contributed by atoms with E-state index in [1.54, 1.807) is 29.1 Å². The molecule has 1 fully saturated rings. The Labute approximate surface area is 157 Å². The van der Waals surface area contributed by atoms with Crippen LogP contribution in [0.1, 0.15) is 0 Å². The molecule has 1 amide bonds. The number of ether oxygens (including phenoxy) is 1. The van der Waals surface area contributed by atoms with Gasteiger partial charge in [0, 0.05) is 38.1 Å². The molecule has 0 spiro atoms. The summed E-state index contributed by atoms with van der Waals surface area (Å²) in [6.45, 7) is 1.67. The standard InChI is InChI=1S/C19H20N6O2/c1-23-9-10-24(13-18(23)26)19-20-8-7-15(22-19)14-11-21-25(12-14)16-5-3-4-6-17(16)27-2/h3-8,11-12H,9-10,13H2,1-2H3. The van der Waals surface area contributed by atoms with Crippen molar-refractivity contribution >= 4 is 11.9 Å². The summed E-state index contributed by atoms with van der Waals surface area (Å²) in [4.78, 5) is 24.5. The van der Waals surface area contributed by atoms with E-state index < -0.39 is 0 Å². The largest absolute Gasteiger partial charge is 0.494 e. The highest BCUT2D eigenvalue weighted by Crippen LogP contribution is 2.25. The third kappa shape index (κ3) is 3.33. The predicted octanol–water partition coefficient (Wildman–Crippen LogP) is 1.62. The quantitative estimate of drug-likeness (QED) is 0.700. The van der Waals surface area contributed by atoms with Gasteiger partial charge in [-0.15, -0.1) is 0 Å². The lowest BCUT2D eigenvalue weighted by Crippen LogP contribution is -2.49. The minimum atomic E-state index is 0.0687. The topological polar surface area (TPSA) is 76.4 Å². The van der Waals surface area contributed by atoms with Crippen LogP contribution in [0.25, 0.3) is 16.9 Å². The van der Waals surface area contributed by atoms with Crippen molar-refractivity contribution in [2.75, 3.05) is 38.7 Å². The first kappa shape index (κ1) is 17.0. The van der Waals surface area contributed by atoms with Crippen LogP contribution in [-0.4, -0.2) is 64.3 Å². The molecule has 0 unspecified atom stereocenters. The van der Waals surface area contributed by atoms with Gasteiger partial charge in [0.15, 0.2) is 0 Å². The molecule has 1 saturated heterocycles. The number of carbonyl (C=O) groups excluding carboxylic acids is 1. The second-order valence-electron chi connectivity index (χ2n) is 6.32. The van der Waals surface area contributed by atoms with Crippen molar-refractivity contribution in [3.63, 3.8) is 0 Å². The zero-order valence-corrected chi connectivity index (χ0v) is 15.2. The van der Waals surface area contributed by atoms with E-state index in [2.05, 4.69) is 15.1 Å². The van der Waals surface area contributed by atoms with Crippen LogP contribution in [0.3, 0.4) is 0 Å². The Bertz CT molecular complexity index is 970. The number of benzene rings is 1. The van der Waals surface area contributed by atoms with Crippen LogP contribution in [0, 0.1) is 0 Å². The molecule has 1 aliphatic heterocycles. The molecule has 138 valence electrons. The zero-order valence-electron chi connectivity index (χ0n) is 15.2. The van der Waals surface area contributed by atoms with Gasteiger partial charge in [-0.3, -0.25) is 4.79 Å². The fourth-order valence-electron chi connectivity index (χ4n) is 3.00. The Hall–Kier alpha value is -3.42. The first-order valence-electron chi connectivity index (χ1n) is 8.66. The molecule has 8 nitrogen and oxygen atoms in total. The Morgan fingerprint density at radius 3 is 2.81 bits per heavy atom. The second kappa shape index (κ2) is 7.06. The summed E-state index contributed by atoms with van der Waals surface area (Å²) in [7, 11) is 3.44. The minimum absolute atomic E-state index is 0.0687. The lowest BCUT2D eigenvalue weighted by molar-refractivity contribution is -0.129. The Morgan fingerprint density at radius 1 is 1.15 bits per heavy atom. The zero-order chi connectivity index (χ0) is 18.8. The number of nitrogens with zero attached hydrogens (tertiary/aromatic N) is 6. The molecular weight excluding hydrogens is 344 g/mol. The number of rotatable bonds is 4. The average molecular weight is 364 g/mol. The summed E-state index contributed by atoms with van der Waals surface area (Å²) in [5, 5.41) is 4.44. The molecule has 0 aliphatic carbocycles. The van der Waals surface area contributed by atoms with Crippen molar-refractivity contribution in [1.82, 2.24) is 24.6 Å². The number of amides is 1. The number of piperazine rings is 1. The molecule has 0 radical (unpaired) electrons. The second-order valence-corrected chi connectivity index (χ2v) is 6.32. The molecule has 0 bridgehead atoms. The highest BCUT2D eigenvalue weighted by molar-refractivity contribution is 5.82. The molecule has 1 aromatic carbocycles. The molecule has 2 aromatic heterocycles. The third-order valence-corrected chi connectivity index (χ3v) is 4.59. The van der Waals surface area contributed by atoms with Crippen molar-refractivity contribution in [3.8, 4) is 22.7 Å². The molecule has 1 aliphatic rings. The van der Waals surface area contributed by atoms with Gasteiger partial charge in [-0.05, 0) is 18.2 Å². The van der Waals surface area contributed by atoms with Crippen molar-refractivity contribution in [1.29, 1.82) is 0 Å². The third-order valence-electron chi connectivity index (χ3n) is 4.59. The number of hydrogen-bond donors (Lipinski definition) is 0. The van der Waals surface area contributed by atoms with Gasteiger partial charge in [0.1, 0.15) is 11.4 Å². The van der Waals surface area contributed by atoms with Crippen LogP contribution in [0.5, 0.6) is 5.75 Å². The van der Waals surface area contributed by atoms with Crippen LogP contribution in [0.15, 0.2) is 48.9 Å². The summed E-state index contributed by atoms with van der Waals surface area (Å²) in [5.74, 6) is 1.37. The Balaban J connectivity index is 1.62. The maximum absolute atomic E-state index is 12.0. The average Bonchev–Trinajstić information content (AvgIpc) is 3.20. The minimum Gasteiger partial charge on any atom is -0.494 e. The van der Waals surface area contributed by atoms with E-state index in [9.17, 15) is 4.79 Å².